The standard InChI is InChI=1S/C22H27N3O2S/c1-15-5-7-16(8-6-15)25-20(26)10-9-18(21(25)19-4-3-13-28-19)22(27)24(2)17-11-12-23-14-17/h3-8,13,17-18,21,23H,9-12,14H2,1-2H3. The van der Waals surface area contributed by atoms with Crippen molar-refractivity contribution in [1.82, 2.24) is 10.2 Å². The van der Waals surface area contributed by atoms with Crippen molar-refractivity contribution < 1.29 is 9.59 Å². The van der Waals surface area contributed by atoms with E-state index in [2.05, 4.69) is 5.32 Å². The topological polar surface area (TPSA) is 52.7 Å². The van der Waals surface area contributed by atoms with E-state index in [1.54, 1.807) is 11.3 Å². The van der Waals surface area contributed by atoms with E-state index in [9.17, 15) is 9.59 Å². The van der Waals surface area contributed by atoms with E-state index < -0.39 is 0 Å². The molecule has 3 unspecified atom stereocenters. The number of hydrogen-bond acceptors (Lipinski definition) is 4. The largest absolute Gasteiger partial charge is 0.341 e. The molecular weight excluding hydrogens is 370 g/mol. The molecule has 2 saturated heterocycles. The molecule has 2 aliphatic rings. The van der Waals surface area contributed by atoms with E-state index in [4.69, 9.17) is 0 Å². The van der Waals surface area contributed by atoms with Gasteiger partial charge in [0.1, 0.15) is 0 Å². The number of hydrogen-bond donors (Lipinski definition) is 1. The number of carbonyl (C=O) groups excluding carboxylic acids is 2. The van der Waals surface area contributed by atoms with Crippen LogP contribution in [0.25, 0.3) is 0 Å². The molecule has 3 heterocycles. The maximum absolute atomic E-state index is 13.5. The van der Waals surface area contributed by atoms with E-state index in [-0.39, 0.29) is 29.8 Å². The van der Waals surface area contributed by atoms with Crippen LogP contribution < -0.4 is 10.2 Å². The van der Waals surface area contributed by atoms with Crippen molar-refractivity contribution >= 4 is 28.8 Å². The lowest BCUT2D eigenvalue weighted by Gasteiger charge is -2.42. The van der Waals surface area contributed by atoms with Gasteiger partial charge < -0.3 is 15.1 Å². The predicted octanol–water partition coefficient (Wildman–Crippen LogP) is 3.36. The zero-order chi connectivity index (χ0) is 19.7. The number of anilines is 1. The van der Waals surface area contributed by atoms with Crippen LogP contribution in [-0.4, -0.2) is 42.9 Å². The minimum absolute atomic E-state index is 0.0940. The zero-order valence-corrected chi connectivity index (χ0v) is 17.2. The van der Waals surface area contributed by atoms with Gasteiger partial charge in [-0.1, -0.05) is 23.8 Å². The lowest BCUT2D eigenvalue weighted by Crippen LogP contribution is -2.50. The average Bonchev–Trinajstić information content (AvgIpc) is 3.41. The van der Waals surface area contributed by atoms with E-state index in [1.807, 2.05) is 65.5 Å². The van der Waals surface area contributed by atoms with Crippen LogP contribution in [0.2, 0.25) is 0 Å². The van der Waals surface area contributed by atoms with Crippen molar-refractivity contribution in [1.29, 1.82) is 0 Å². The monoisotopic (exact) mass is 397 g/mol. The van der Waals surface area contributed by atoms with Gasteiger partial charge in [-0.2, -0.15) is 0 Å². The molecule has 4 rings (SSSR count). The van der Waals surface area contributed by atoms with Gasteiger partial charge in [0.25, 0.3) is 0 Å². The fourth-order valence-corrected chi connectivity index (χ4v) is 5.24. The Bertz CT molecular complexity index is 828. The smallest absolute Gasteiger partial charge is 0.228 e. The maximum atomic E-state index is 13.5. The Morgan fingerprint density at radius 1 is 1.21 bits per heavy atom. The fraction of sp³-hybridized carbons (Fsp3) is 0.455. The molecule has 2 aliphatic heterocycles. The molecule has 6 heteroatoms. The Hall–Kier alpha value is -2.18. The van der Waals surface area contributed by atoms with Gasteiger partial charge in [-0.3, -0.25) is 9.59 Å². The lowest BCUT2D eigenvalue weighted by molar-refractivity contribution is -0.138. The number of benzene rings is 1. The third-order valence-electron chi connectivity index (χ3n) is 5.99. The second-order valence-corrected chi connectivity index (χ2v) is 8.78. The summed E-state index contributed by atoms with van der Waals surface area (Å²) in [6, 6.07) is 12.1. The summed E-state index contributed by atoms with van der Waals surface area (Å²) in [5, 5.41) is 5.36. The highest BCUT2D eigenvalue weighted by atomic mass is 32.1. The first-order valence-corrected chi connectivity index (χ1v) is 10.8. The number of nitrogens with one attached hydrogen (secondary N) is 1. The Labute approximate surface area is 170 Å². The molecule has 0 spiro atoms. The quantitative estimate of drug-likeness (QED) is 0.861. The van der Waals surface area contributed by atoms with Gasteiger partial charge in [0, 0.05) is 36.6 Å². The van der Waals surface area contributed by atoms with Crippen molar-refractivity contribution in [3.05, 3.63) is 52.2 Å². The molecule has 1 N–H and O–H groups in total. The maximum Gasteiger partial charge on any atom is 0.228 e. The lowest BCUT2D eigenvalue weighted by atomic mass is 9.85. The summed E-state index contributed by atoms with van der Waals surface area (Å²) in [4.78, 5) is 31.3. The van der Waals surface area contributed by atoms with Crippen molar-refractivity contribution in [3.8, 4) is 0 Å². The van der Waals surface area contributed by atoms with Gasteiger partial charge in [-0.25, -0.2) is 0 Å². The van der Waals surface area contributed by atoms with Crippen LogP contribution >= 0.6 is 11.3 Å². The van der Waals surface area contributed by atoms with Gasteiger partial charge in [0.2, 0.25) is 11.8 Å². The molecule has 5 nitrogen and oxygen atoms in total. The van der Waals surface area contributed by atoms with Crippen molar-refractivity contribution in [2.24, 2.45) is 5.92 Å². The van der Waals surface area contributed by atoms with Crippen LogP contribution in [0.1, 0.15) is 35.7 Å². The number of piperidine rings is 1. The number of carbonyl (C=O) groups is 2. The molecule has 2 fully saturated rings. The zero-order valence-electron chi connectivity index (χ0n) is 16.4. The van der Waals surface area contributed by atoms with Crippen LogP contribution in [0, 0.1) is 12.8 Å². The molecule has 0 saturated carbocycles. The molecule has 28 heavy (non-hydrogen) atoms. The highest BCUT2D eigenvalue weighted by Gasteiger charge is 2.43. The van der Waals surface area contributed by atoms with Crippen LogP contribution in [0.15, 0.2) is 41.8 Å². The minimum Gasteiger partial charge on any atom is -0.341 e. The van der Waals surface area contributed by atoms with Gasteiger partial charge in [-0.05, 0) is 49.9 Å². The highest BCUT2D eigenvalue weighted by Crippen LogP contribution is 2.42. The van der Waals surface area contributed by atoms with Crippen molar-refractivity contribution in [2.45, 2.75) is 38.3 Å². The summed E-state index contributed by atoms with van der Waals surface area (Å²) in [6.45, 7) is 3.84. The van der Waals surface area contributed by atoms with Crippen LogP contribution in [0.4, 0.5) is 5.69 Å². The van der Waals surface area contributed by atoms with E-state index in [0.29, 0.717) is 12.8 Å². The molecule has 2 aromatic rings. The first-order chi connectivity index (χ1) is 13.6. The van der Waals surface area contributed by atoms with Gasteiger partial charge in [-0.15, -0.1) is 11.3 Å². The normalized spacial score (nSPS) is 25.1. The molecule has 0 aliphatic carbocycles. The Morgan fingerprint density at radius 2 is 2.00 bits per heavy atom. The molecule has 148 valence electrons. The highest BCUT2D eigenvalue weighted by molar-refractivity contribution is 7.10. The molecule has 0 radical (unpaired) electrons. The second kappa shape index (κ2) is 8.05. The van der Waals surface area contributed by atoms with Crippen LogP contribution in [0.3, 0.4) is 0 Å². The average molecular weight is 398 g/mol. The first kappa shape index (κ1) is 19.2. The molecule has 0 bridgehead atoms. The van der Waals surface area contributed by atoms with Crippen LogP contribution in [0.5, 0.6) is 0 Å². The van der Waals surface area contributed by atoms with Gasteiger partial charge >= 0.3 is 0 Å². The van der Waals surface area contributed by atoms with Crippen molar-refractivity contribution in [2.75, 3.05) is 25.0 Å². The Kier molecular flexibility index (Phi) is 5.51. The summed E-state index contributed by atoms with van der Waals surface area (Å²) >= 11 is 1.62. The summed E-state index contributed by atoms with van der Waals surface area (Å²) < 4.78 is 0. The third kappa shape index (κ3) is 3.59. The van der Waals surface area contributed by atoms with Gasteiger partial charge in [0.05, 0.1) is 12.0 Å². The fourth-order valence-electron chi connectivity index (χ4n) is 4.36. The van der Waals surface area contributed by atoms with E-state index >= 15 is 0 Å². The molecule has 3 atom stereocenters. The summed E-state index contributed by atoms with van der Waals surface area (Å²) in [5.74, 6) is 0.0245. The number of nitrogens with zero attached hydrogens (tertiary/aromatic N) is 2. The Balaban J connectivity index is 1.70. The number of thiophene rings is 1. The predicted molar refractivity (Wildman–Crippen MR) is 112 cm³/mol. The number of amides is 2. The van der Waals surface area contributed by atoms with Crippen molar-refractivity contribution in [3.63, 3.8) is 0 Å². The molecule has 1 aromatic carbocycles. The molecule has 1 aromatic heterocycles. The third-order valence-corrected chi connectivity index (χ3v) is 6.93. The number of rotatable bonds is 4. The van der Waals surface area contributed by atoms with Gasteiger partial charge in [0.15, 0.2) is 0 Å². The number of aryl methyl sites for hydroxylation is 1. The molecule has 2 amide bonds. The Morgan fingerprint density at radius 3 is 2.64 bits per heavy atom. The van der Waals surface area contributed by atoms with Crippen LogP contribution in [-0.2, 0) is 9.59 Å². The summed E-state index contributed by atoms with van der Waals surface area (Å²) in [5.41, 5.74) is 2.03. The van der Waals surface area contributed by atoms with E-state index in [1.165, 1.54) is 0 Å². The second-order valence-electron chi connectivity index (χ2n) is 7.80. The molecular formula is C22H27N3O2S. The summed E-state index contributed by atoms with van der Waals surface area (Å²) in [6.07, 6.45) is 2.00. The van der Waals surface area contributed by atoms with E-state index in [0.717, 1.165) is 35.6 Å². The SMILES string of the molecule is Cc1ccc(N2C(=O)CCC(C(=O)N(C)C3CCNC3)C2c2cccs2)cc1. The first-order valence-electron chi connectivity index (χ1n) is 9.96. The number of likely N-dealkylation sites (N-methyl/N-ethyl adjacent to an activating group) is 1. The minimum atomic E-state index is -0.242. The summed E-state index contributed by atoms with van der Waals surface area (Å²) in [7, 11) is 1.91.